The van der Waals surface area contributed by atoms with Crippen LogP contribution in [0.1, 0.15) is 22.6 Å². The lowest BCUT2D eigenvalue weighted by Crippen LogP contribution is -2.38. The third kappa shape index (κ3) is 3.24. The minimum atomic E-state index is -3.61. The highest BCUT2D eigenvalue weighted by molar-refractivity contribution is 7.89. The molecule has 6 nitrogen and oxygen atoms in total. The molecule has 0 fully saturated rings. The molecular formula is C20H21N3O3S. The molecule has 27 heavy (non-hydrogen) atoms. The summed E-state index contributed by atoms with van der Waals surface area (Å²) in [6, 6.07) is 14.5. The van der Waals surface area contributed by atoms with Gasteiger partial charge in [-0.1, -0.05) is 24.3 Å². The molecule has 1 aliphatic heterocycles. The van der Waals surface area contributed by atoms with Crippen LogP contribution in [0.5, 0.6) is 5.75 Å². The zero-order valence-corrected chi connectivity index (χ0v) is 16.1. The Labute approximate surface area is 159 Å². The van der Waals surface area contributed by atoms with Gasteiger partial charge in [0.25, 0.3) is 0 Å². The molecule has 140 valence electrons. The fraction of sp³-hybridized carbons (Fsp3) is 0.250. The molecule has 0 spiro atoms. The van der Waals surface area contributed by atoms with E-state index >= 15 is 0 Å². The van der Waals surface area contributed by atoms with Crippen LogP contribution < -0.4 is 4.74 Å². The van der Waals surface area contributed by atoms with Gasteiger partial charge in [0, 0.05) is 32.3 Å². The third-order valence-electron chi connectivity index (χ3n) is 4.99. The summed E-state index contributed by atoms with van der Waals surface area (Å²) in [6.07, 6.45) is 3.76. The minimum absolute atomic E-state index is 0.0447. The Morgan fingerprint density at radius 1 is 1.11 bits per heavy atom. The Balaban J connectivity index is 1.73. The van der Waals surface area contributed by atoms with Crippen LogP contribution in [-0.4, -0.2) is 36.2 Å². The van der Waals surface area contributed by atoms with E-state index in [0.29, 0.717) is 18.8 Å². The number of benzene rings is 2. The molecule has 7 heteroatoms. The zero-order valence-electron chi connectivity index (χ0n) is 15.2. The fourth-order valence-corrected chi connectivity index (χ4v) is 4.99. The van der Waals surface area contributed by atoms with Crippen molar-refractivity contribution in [1.29, 1.82) is 0 Å². The number of aryl methyl sites for hydroxylation is 1. The first kappa shape index (κ1) is 17.8. The van der Waals surface area contributed by atoms with Crippen LogP contribution in [0.3, 0.4) is 0 Å². The maximum atomic E-state index is 13.2. The number of rotatable bonds is 4. The van der Waals surface area contributed by atoms with Crippen LogP contribution in [0.2, 0.25) is 0 Å². The average molecular weight is 383 g/mol. The molecule has 0 bridgehead atoms. The number of sulfonamides is 1. The van der Waals surface area contributed by atoms with Crippen LogP contribution in [0.25, 0.3) is 0 Å². The van der Waals surface area contributed by atoms with E-state index in [9.17, 15) is 8.42 Å². The largest absolute Gasteiger partial charge is 0.497 e. The van der Waals surface area contributed by atoms with Crippen molar-refractivity contribution in [3.05, 3.63) is 77.6 Å². The number of aromatic nitrogens is 2. The number of fused-ring (bicyclic) bond motifs is 1. The molecule has 2 heterocycles. The molecule has 0 aliphatic carbocycles. The van der Waals surface area contributed by atoms with Gasteiger partial charge in [0.1, 0.15) is 5.75 Å². The summed E-state index contributed by atoms with van der Waals surface area (Å²) < 4.78 is 34.9. The molecule has 1 aromatic heterocycles. The van der Waals surface area contributed by atoms with Gasteiger partial charge in [-0.25, -0.2) is 8.42 Å². The monoisotopic (exact) mass is 383 g/mol. The molecule has 3 aromatic rings. The first-order valence-corrected chi connectivity index (χ1v) is 10.1. The van der Waals surface area contributed by atoms with Gasteiger partial charge in [-0.05, 0) is 41.0 Å². The third-order valence-corrected chi connectivity index (χ3v) is 6.81. The second-order valence-electron chi connectivity index (χ2n) is 6.67. The Bertz CT molecular complexity index is 1060. The smallest absolute Gasteiger partial charge is 0.243 e. The maximum Gasteiger partial charge on any atom is 0.243 e. The summed E-state index contributed by atoms with van der Waals surface area (Å²) in [7, 11) is -0.189. The summed E-state index contributed by atoms with van der Waals surface area (Å²) in [4.78, 5) is 0.271. The van der Waals surface area contributed by atoms with E-state index in [0.717, 1.165) is 16.7 Å². The second kappa shape index (κ2) is 6.83. The molecular weight excluding hydrogens is 362 g/mol. The average Bonchev–Trinajstić information content (AvgIpc) is 3.13. The molecule has 0 amide bonds. The Morgan fingerprint density at radius 2 is 1.85 bits per heavy atom. The fourth-order valence-electron chi connectivity index (χ4n) is 3.56. The molecule has 1 aliphatic rings. The highest BCUT2D eigenvalue weighted by Gasteiger charge is 2.34. The van der Waals surface area contributed by atoms with Crippen LogP contribution in [0.15, 0.2) is 65.8 Å². The molecule has 1 unspecified atom stereocenters. The van der Waals surface area contributed by atoms with Gasteiger partial charge in [0.2, 0.25) is 10.0 Å². The van der Waals surface area contributed by atoms with Crippen molar-refractivity contribution >= 4 is 10.0 Å². The summed E-state index contributed by atoms with van der Waals surface area (Å²) in [5, 5.41) is 4.26. The minimum Gasteiger partial charge on any atom is -0.497 e. The SMILES string of the molecule is COc1ccc(S(=O)(=O)N2Cc3ccccc3C(c3cnn(C)c3)C2)cc1. The van der Waals surface area contributed by atoms with Gasteiger partial charge < -0.3 is 4.74 Å². The summed E-state index contributed by atoms with van der Waals surface area (Å²) in [5.74, 6) is 0.586. The van der Waals surface area contributed by atoms with Gasteiger partial charge >= 0.3 is 0 Å². The lowest BCUT2D eigenvalue weighted by atomic mass is 9.87. The van der Waals surface area contributed by atoms with E-state index in [4.69, 9.17) is 4.74 Å². The molecule has 2 aromatic carbocycles. The van der Waals surface area contributed by atoms with Gasteiger partial charge in [-0.3, -0.25) is 4.68 Å². The Morgan fingerprint density at radius 3 is 2.52 bits per heavy atom. The molecule has 1 atom stereocenters. The van der Waals surface area contributed by atoms with Crippen molar-refractivity contribution < 1.29 is 13.2 Å². The highest BCUT2D eigenvalue weighted by Crippen LogP contribution is 2.35. The first-order chi connectivity index (χ1) is 13.0. The Hall–Kier alpha value is -2.64. The van der Waals surface area contributed by atoms with E-state index in [1.165, 1.54) is 0 Å². The standard InChI is InChI=1S/C20H21N3O3S/c1-22-12-16(11-21-22)20-14-23(13-15-5-3-4-6-19(15)20)27(24,25)18-9-7-17(26-2)8-10-18/h3-12,20H,13-14H2,1-2H3. The summed E-state index contributed by atoms with van der Waals surface area (Å²) in [5.41, 5.74) is 3.20. The Kier molecular flexibility index (Phi) is 4.49. The molecule has 4 rings (SSSR count). The predicted molar refractivity (Wildman–Crippen MR) is 102 cm³/mol. The quantitative estimate of drug-likeness (QED) is 0.695. The second-order valence-corrected chi connectivity index (χ2v) is 8.61. The topological polar surface area (TPSA) is 64.4 Å². The van der Waals surface area contributed by atoms with Crippen molar-refractivity contribution in [2.75, 3.05) is 13.7 Å². The van der Waals surface area contributed by atoms with E-state index in [1.807, 2.05) is 37.6 Å². The predicted octanol–water partition coefficient (Wildman–Crippen LogP) is 2.77. The van der Waals surface area contributed by atoms with Crippen LogP contribution in [-0.2, 0) is 23.6 Å². The van der Waals surface area contributed by atoms with E-state index in [2.05, 4.69) is 11.2 Å². The van der Waals surface area contributed by atoms with Crippen molar-refractivity contribution in [1.82, 2.24) is 14.1 Å². The summed E-state index contributed by atoms with van der Waals surface area (Å²) in [6.45, 7) is 0.748. The normalized spacial score (nSPS) is 17.5. The number of hydrogen-bond donors (Lipinski definition) is 0. The maximum absolute atomic E-state index is 13.2. The molecule has 0 N–H and O–H groups in total. The lowest BCUT2D eigenvalue weighted by Gasteiger charge is -2.33. The van der Waals surface area contributed by atoms with Crippen molar-refractivity contribution in [2.45, 2.75) is 17.4 Å². The number of nitrogens with zero attached hydrogens (tertiary/aromatic N) is 3. The van der Waals surface area contributed by atoms with E-state index < -0.39 is 10.0 Å². The van der Waals surface area contributed by atoms with Crippen molar-refractivity contribution in [2.24, 2.45) is 7.05 Å². The molecule has 0 radical (unpaired) electrons. The van der Waals surface area contributed by atoms with Gasteiger partial charge in [-0.2, -0.15) is 9.40 Å². The van der Waals surface area contributed by atoms with Crippen LogP contribution in [0, 0.1) is 0 Å². The van der Waals surface area contributed by atoms with E-state index in [1.54, 1.807) is 40.4 Å². The molecule has 0 saturated carbocycles. The number of ether oxygens (including phenoxy) is 1. The molecule has 0 saturated heterocycles. The highest BCUT2D eigenvalue weighted by atomic mass is 32.2. The van der Waals surface area contributed by atoms with Gasteiger partial charge in [0.15, 0.2) is 0 Å². The first-order valence-electron chi connectivity index (χ1n) is 8.69. The number of hydrogen-bond acceptors (Lipinski definition) is 4. The van der Waals surface area contributed by atoms with Gasteiger partial charge in [0.05, 0.1) is 18.2 Å². The van der Waals surface area contributed by atoms with E-state index in [-0.39, 0.29) is 10.8 Å². The van der Waals surface area contributed by atoms with Crippen molar-refractivity contribution in [3.8, 4) is 5.75 Å². The van der Waals surface area contributed by atoms with Gasteiger partial charge in [-0.15, -0.1) is 0 Å². The zero-order chi connectivity index (χ0) is 19.0. The van der Waals surface area contributed by atoms with Crippen molar-refractivity contribution in [3.63, 3.8) is 0 Å². The summed E-state index contributed by atoms with van der Waals surface area (Å²) >= 11 is 0. The number of methoxy groups -OCH3 is 1. The van der Waals surface area contributed by atoms with Crippen LogP contribution in [0.4, 0.5) is 0 Å². The van der Waals surface area contributed by atoms with Crippen LogP contribution >= 0.6 is 0 Å². The lowest BCUT2D eigenvalue weighted by molar-refractivity contribution is 0.371.